The van der Waals surface area contributed by atoms with Crippen molar-refractivity contribution in [1.29, 1.82) is 0 Å². The number of nitrogens with zero attached hydrogens (tertiary/aromatic N) is 2. The van der Waals surface area contributed by atoms with E-state index in [1.54, 1.807) is 12.1 Å². The van der Waals surface area contributed by atoms with E-state index in [0.717, 1.165) is 30.8 Å². The molecule has 0 radical (unpaired) electrons. The Morgan fingerprint density at radius 2 is 2.11 bits per heavy atom. The van der Waals surface area contributed by atoms with Crippen molar-refractivity contribution in [3.05, 3.63) is 46.9 Å². The Balaban J connectivity index is 1.41. The van der Waals surface area contributed by atoms with Gasteiger partial charge in [-0.2, -0.15) is 0 Å². The van der Waals surface area contributed by atoms with Crippen LogP contribution in [0.3, 0.4) is 0 Å². The summed E-state index contributed by atoms with van der Waals surface area (Å²) in [7, 11) is 0. The van der Waals surface area contributed by atoms with Gasteiger partial charge in [0.15, 0.2) is 5.13 Å². The van der Waals surface area contributed by atoms with E-state index < -0.39 is 0 Å². The van der Waals surface area contributed by atoms with Gasteiger partial charge in [0.2, 0.25) is 0 Å². The van der Waals surface area contributed by atoms with Crippen LogP contribution in [-0.4, -0.2) is 33.9 Å². The minimum atomic E-state index is -0.320. The zero-order valence-electron chi connectivity index (χ0n) is 15.5. The summed E-state index contributed by atoms with van der Waals surface area (Å²) >= 11 is 1.43. The van der Waals surface area contributed by atoms with Crippen LogP contribution in [0.4, 0.5) is 9.52 Å². The molecular formula is C20H23FN4OS. The topological polar surface area (TPSA) is 61.0 Å². The number of halogens is 1. The number of piperidine rings is 1. The fourth-order valence-electron chi connectivity index (χ4n) is 3.98. The van der Waals surface area contributed by atoms with Crippen molar-refractivity contribution in [2.24, 2.45) is 11.8 Å². The largest absolute Gasteiger partial charge is 0.351 e. The Morgan fingerprint density at radius 1 is 1.33 bits per heavy atom. The molecule has 3 heterocycles. The summed E-state index contributed by atoms with van der Waals surface area (Å²) in [5.41, 5.74) is 2.11. The maximum atomic E-state index is 13.3. The number of amides is 1. The lowest BCUT2D eigenvalue weighted by Gasteiger charge is -2.34. The average Bonchev–Trinajstić information content (AvgIpc) is 3.20. The Bertz CT molecular complexity index is 956. The summed E-state index contributed by atoms with van der Waals surface area (Å²) in [6.45, 7) is 7.58. The van der Waals surface area contributed by atoms with Gasteiger partial charge >= 0.3 is 0 Å². The highest BCUT2D eigenvalue weighted by atomic mass is 32.1. The van der Waals surface area contributed by atoms with Crippen LogP contribution in [0.2, 0.25) is 0 Å². The highest BCUT2D eigenvalue weighted by Crippen LogP contribution is 2.24. The first-order valence-corrected chi connectivity index (χ1v) is 10.1. The number of carbonyl (C=O) groups is 1. The number of fused-ring (bicyclic) bond motifs is 1. The Labute approximate surface area is 161 Å². The molecule has 0 bridgehead atoms. The molecule has 1 aromatic carbocycles. The van der Waals surface area contributed by atoms with Crippen LogP contribution in [0.5, 0.6) is 0 Å². The number of hydrogen-bond donors (Lipinski definition) is 2. The standard InChI is InChI=1S/C20H23FN4OS/c1-12-5-13(2)9-25(8-12)10-16-11-27-20(22-16)24-19(26)18-7-14-6-15(21)3-4-17(14)23-18/h3-4,6-7,11-13,23H,5,8-10H2,1-2H3,(H,22,24,26). The Kier molecular flexibility index (Phi) is 4.97. The lowest BCUT2D eigenvalue weighted by molar-refractivity contribution is 0.102. The van der Waals surface area contributed by atoms with Crippen LogP contribution in [0.25, 0.3) is 10.9 Å². The second-order valence-corrected chi connectivity index (χ2v) is 8.51. The summed E-state index contributed by atoms with van der Waals surface area (Å²) in [6, 6.07) is 6.06. The molecule has 1 saturated heterocycles. The maximum Gasteiger partial charge on any atom is 0.273 e. The van der Waals surface area contributed by atoms with E-state index in [1.165, 1.54) is 29.9 Å². The van der Waals surface area contributed by atoms with Gasteiger partial charge in [0.05, 0.1) is 5.69 Å². The molecule has 5 nitrogen and oxygen atoms in total. The molecule has 4 rings (SSSR count). The van der Waals surface area contributed by atoms with Crippen molar-refractivity contribution >= 4 is 33.3 Å². The van der Waals surface area contributed by atoms with Gasteiger partial charge in [-0.25, -0.2) is 9.37 Å². The molecule has 142 valence electrons. The number of thiazole rings is 1. The first-order chi connectivity index (χ1) is 13.0. The number of anilines is 1. The second kappa shape index (κ2) is 7.40. The minimum absolute atomic E-state index is 0.271. The molecule has 2 unspecified atom stereocenters. The van der Waals surface area contributed by atoms with Crippen molar-refractivity contribution in [2.45, 2.75) is 26.8 Å². The number of hydrogen-bond acceptors (Lipinski definition) is 4. The number of aromatic nitrogens is 2. The second-order valence-electron chi connectivity index (χ2n) is 7.65. The van der Waals surface area contributed by atoms with E-state index in [0.29, 0.717) is 28.0 Å². The molecule has 1 aliphatic heterocycles. The van der Waals surface area contributed by atoms with Gasteiger partial charge < -0.3 is 4.98 Å². The fourth-order valence-corrected chi connectivity index (χ4v) is 4.67. The van der Waals surface area contributed by atoms with Gasteiger partial charge in [-0.1, -0.05) is 13.8 Å². The van der Waals surface area contributed by atoms with Gasteiger partial charge in [-0.3, -0.25) is 15.0 Å². The van der Waals surface area contributed by atoms with Crippen molar-refractivity contribution in [1.82, 2.24) is 14.9 Å². The summed E-state index contributed by atoms with van der Waals surface area (Å²) < 4.78 is 13.3. The fraction of sp³-hybridized carbons (Fsp3) is 0.400. The predicted molar refractivity (Wildman–Crippen MR) is 107 cm³/mol. The van der Waals surface area contributed by atoms with Crippen molar-refractivity contribution in [3.8, 4) is 0 Å². The Morgan fingerprint density at radius 3 is 2.89 bits per heavy atom. The molecular weight excluding hydrogens is 363 g/mol. The van der Waals surface area contributed by atoms with E-state index in [9.17, 15) is 9.18 Å². The van der Waals surface area contributed by atoms with Gasteiger partial charge in [0.1, 0.15) is 11.5 Å². The smallest absolute Gasteiger partial charge is 0.273 e. The molecule has 0 saturated carbocycles. The Hall–Kier alpha value is -2.25. The van der Waals surface area contributed by atoms with Crippen molar-refractivity contribution < 1.29 is 9.18 Å². The van der Waals surface area contributed by atoms with E-state index in [-0.39, 0.29) is 11.7 Å². The lowest BCUT2D eigenvalue weighted by Crippen LogP contribution is -2.38. The van der Waals surface area contributed by atoms with Gasteiger partial charge in [0.25, 0.3) is 5.91 Å². The van der Waals surface area contributed by atoms with Crippen LogP contribution >= 0.6 is 11.3 Å². The summed E-state index contributed by atoms with van der Waals surface area (Å²) in [4.78, 5) is 22.5. The third kappa shape index (κ3) is 4.20. The zero-order chi connectivity index (χ0) is 19.0. The number of carbonyl (C=O) groups excluding carboxylic acids is 1. The van der Waals surface area contributed by atoms with Crippen LogP contribution in [0, 0.1) is 17.7 Å². The van der Waals surface area contributed by atoms with Crippen molar-refractivity contribution in [3.63, 3.8) is 0 Å². The summed E-state index contributed by atoms with van der Waals surface area (Å²) in [5, 5.41) is 6.09. The summed E-state index contributed by atoms with van der Waals surface area (Å²) in [5.74, 6) is 0.823. The zero-order valence-corrected chi connectivity index (χ0v) is 16.3. The molecule has 7 heteroatoms. The SMILES string of the molecule is CC1CC(C)CN(Cc2csc(NC(=O)c3cc4cc(F)ccc4[nH]3)n2)C1. The number of benzene rings is 1. The van der Waals surface area contributed by atoms with Crippen molar-refractivity contribution in [2.75, 3.05) is 18.4 Å². The van der Waals surface area contributed by atoms with Crippen LogP contribution < -0.4 is 5.32 Å². The van der Waals surface area contributed by atoms with E-state index in [1.807, 2.05) is 5.38 Å². The van der Waals surface area contributed by atoms with E-state index in [2.05, 4.69) is 34.0 Å². The molecule has 1 fully saturated rings. The molecule has 1 aliphatic rings. The third-order valence-electron chi connectivity index (χ3n) is 4.93. The number of rotatable bonds is 4. The van der Waals surface area contributed by atoms with E-state index in [4.69, 9.17) is 0 Å². The quantitative estimate of drug-likeness (QED) is 0.694. The van der Waals surface area contributed by atoms with Gasteiger partial charge in [0, 0.05) is 35.9 Å². The average molecular weight is 386 g/mol. The monoisotopic (exact) mass is 386 g/mol. The van der Waals surface area contributed by atoms with Gasteiger partial charge in [-0.05, 0) is 42.5 Å². The molecule has 2 atom stereocenters. The molecule has 0 aliphatic carbocycles. The number of H-pyrrole nitrogens is 1. The molecule has 2 N–H and O–H groups in total. The molecule has 2 aromatic heterocycles. The first kappa shape index (κ1) is 18.1. The summed E-state index contributed by atoms with van der Waals surface area (Å²) in [6.07, 6.45) is 1.28. The highest BCUT2D eigenvalue weighted by Gasteiger charge is 2.22. The lowest BCUT2D eigenvalue weighted by atomic mass is 9.92. The third-order valence-corrected chi connectivity index (χ3v) is 5.74. The van der Waals surface area contributed by atoms with Crippen LogP contribution in [-0.2, 0) is 6.54 Å². The van der Waals surface area contributed by atoms with Crippen LogP contribution in [0.1, 0.15) is 36.5 Å². The minimum Gasteiger partial charge on any atom is -0.351 e. The van der Waals surface area contributed by atoms with Gasteiger partial charge in [-0.15, -0.1) is 11.3 Å². The molecule has 1 amide bonds. The molecule has 27 heavy (non-hydrogen) atoms. The number of likely N-dealkylation sites (tertiary alicyclic amines) is 1. The van der Waals surface area contributed by atoms with E-state index >= 15 is 0 Å². The maximum absolute atomic E-state index is 13.3. The molecule has 0 spiro atoms. The molecule has 3 aromatic rings. The van der Waals surface area contributed by atoms with Crippen LogP contribution in [0.15, 0.2) is 29.6 Å². The first-order valence-electron chi connectivity index (χ1n) is 9.22. The highest BCUT2D eigenvalue weighted by molar-refractivity contribution is 7.13. The number of nitrogens with one attached hydrogen (secondary N) is 2. The normalized spacial score (nSPS) is 20.9. The number of aromatic amines is 1. The predicted octanol–water partition coefficient (Wildman–Crippen LogP) is 4.49.